The minimum absolute atomic E-state index is 0.229. The monoisotopic (exact) mass is 430 g/mol. The Balaban J connectivity index is 1.85. The predicted molar refractivity (Wildman–Crippen MR) is 120 cm³/mol. The van der Waals surface area contributed by atoms with E-state index in [4.69, 9.17) is 4.74 Å². The molecule has 3 rings (SSSR count). The van der Waals surface area contributed by atoms with Crippen LogP contribution in [-0.4, -0.2) is 45.5 Å². The molecule has 0 aliphatic carbocycles. The number of cyclic esters (lactones) is 1. The molecule has 30 heavy (non-hydrogen) atoms. The smallest absolute Gasteiger partial charge is 0.414 e. The van der Waals surface area contributed by atoms with Crippen molar-refractivity contribution in [2.75, 3.05) is 12.8 Å². The van der Waals surface area contributed by atoms with E-state index >= 15 is 0 Å². The van der Waals surface area contributed by atoms with E-state index in [0.717, 1.165) is 28.0 Å². The zero-order chi connectivity index (χ0) is 21.8. The van der Waals surface area contributed by atoms with Gasteiger partial charge in [0.25, 0.3) is 0 Å². The molecule has 2 aromatic rings. The molecule has 0 saturated carbocycles. The van der Waals surface area contributed by atoms with Crippen LogP contribution in [0.25, 0.3) is 11.2 Å². The lowest BCUT2D eigenvalue weighted by Crippen LogP contribution is -2.24. The summed E-state index contributed by atoms with van der Waals surface area (Å²) in [5, 5.41) is 0. The summed E-state index contributed by atoms with van der Waals surface area (Å²) in [7, 11) is 0. The van der Waals surface area contributed by atoms with Crippen LogP contribution < -0.4 is 4.72 Å². The normalized spacial score (nSPS) is 18.4. The number of amides is 1. The van der Waals surface area contributed by atoms with Gasteiger partial charge in [0.2, 0.25) is 0 Å². The molecule has 1 fully saturated rings. The average molecular weight is 431 g/mol. The minimum atomic E-state index is -1.20. The second-order valence-electron chi connectivity index (χ2n) is 7.33. The lowest BCUT2D eigenvalue weighted by molar-refractivity contribution is 0.141. The van der Waals surface area contributed by atoms with Gasteiger partial charge < -0.3 is 9.14 Å². The number of carbonyl (C=O) groups excluding carboxylic acids is 1. The van der Waals surface area contributed by atoms with Gasteiger partial charge in [-0.05, 0) is 56.4 Å². The van der Waals surface area contributed by atoms with Crippen LogP contribution in [0.5, 0.6) is 0 Å². The third kappa shape index (κ3) is 5.12. The summed E-state index contributed by atoms with van der Waals surface area (Å²) in [4.78, 5) is 18.1. The maximum absolute atomic E-state index is 13.7. The Hall–Kier alpha value is -2.58. The van der Waals surface area contributed by atoms with Gasteiger partial charge in [-0.1, -0.05) is 24.6 Å². The zero-order valence-corrected chi connectivity index (χ0v) is 18.5. The van der Waals surface area contributed by atoms with Gasteiger partial charge in [0, 0.05) is 30.2 Å². The largest absolute Gasteiger partial charge is 0.444 e. The molecule has 1 aliphatic rings. The molecule has 1 aliphatic heterocycles. The van der Waals surface area contributed by atoms with Crippen molar-refractivity contribution in [1.82, 2.24) is 19.0 Å². The van der Waals surface area contributed by atoms with Crippen LogP contribution in [0.15, 0.2) is 49.0 Å². The van der Waals surface area contributed by atoms with E-state index in [2.05, 4.69) is 16.3 Å². The number of fused-ring (bicyclic) bond motifs is 1. The van der Waals surface area contributed by atoms with Gasteiger partial charge >= 0.3 is 6.09 Å². The number of allylic oxidation sites excluding steroid dienone is 4. The number of aromatic nitrogens is 2. The lowest BCUT2D eigenvalue weighted by atomic mass is 10.0. The number of halogens is 1. The maximum atomic E-state index is 13.7. The summed E-state index contributed by atoms with van der Waals surface area (Å²) in [5.74, 6) is 0. The molecule has 0 bridgehead atoms. The SMILES string of the molecule is C=C(/C=C\C(=CC(C)F)N1C[C@H](C)OC1=O)c1cn2cc(CNSC)nc2cc1C. The standard InChI is InChI=1S/C22H27FN4O2S/c1-14(6-7-19(9-16(3)23)27-11-17(4)29-22(27)28)20-13-26-12-18(10-24-30-5)25-21(26)8-15(20)2/h6-9,12-13,16-17,24H,1,10-11H2,2-5H3/b7-6-,19-9?/t16?,17-/m0/s1. The van der Waals surface area contributed by atoms with E-state index in [1.807, 2.05) is 43.0 Å². The van der Waals surface area contributed by atoms with Gasteiger partial charge in [-0.3, -0.25) is 9.62 Å². The van der Waals surface area contributed by atoms with Crippen molar-refractivity contribution in [2.45, 2.75) is 39.6 Å². The fourth-order valence-electron chi connectivity index (χ4n) is 3.31. The van der Waals surface area contributed by atoms with E-state index in [-0.39, 0.29) is 6.10 Å². The molecule has 1 N–H and O–H groups in total. The highest BCUT2D eigenvalue weighted by Crippen LogP contribution is 2.24. The van der Waals surface area contributed by atoms with Crippen molar-refractivity contribution in [3.63, 3.8) is 0 Å². The fraction of sp³-hybridized carbons (Fsp3) is 0.364. The summed E-state index contributed by atoms with van der Waals surface area (Å²) < 4.78 is 24.0. The fourth-order valence-corrected chi connectivity index (χ4v) is 3.60. The van der Waals surface area contributed by atoms with E-state index in [9.17, 15) is 9.18 Å². The highest BCUT2D eigenvalue weighted by Gasteiger charge is 2.30. The number of carbonyl (C=O) groups is 1. The first-order valence-corrected chi connectivity index (χ1v) is 11.0. The molecule has 2 aromatic heterocycles. The van der Waals surface area contributed by atoms with Crippen LogP contribution in [-0.2, 0) is 11.3 Å². The predicted octanol–water partition coefficient (Wildman–Crippen LogP) is 4.66. The quantitative estimate of drug-likeness (QED) is 0.487. The Labute approximate surface area is 180 Å². The number of imidazole rings is 1. The molecule has 1 saturated heterocycles. The first-order valence-electron chi connectivity index (χ1n) is 9.74. The van der Waals surface area contributed by atoms with Crippen molar-refractivity contribution in [3.8, 4) is 0 Å². The van der Waals surface area contributed by atoms with Crippen molar-refractivity contribution < 1.29 is 13.9 Å². The number of hydrogen-bond acceptors (Lipinski definition) is 5. The van der Waals surface area contributed by atoms with Crippen LogP contribution in [0.1, 0.15) is 30.7 Å². The Kier molecular flexibility index (Phi) is 6.99. The van der Waals surface area contributed by atoms with E-state index in [0.29, 0.717) is 18.8 Å². The molecule has 6 nitrogen and oxygen atoms in total. The number of nitrogens with zero attached hydrogens (tertiary/aromatic N) is 3. The number of pyridine rings is 1. The van der Waals surface area contributed by atoms with Gasteiger partial charge in [-0.15, -0.1) is 0 Å². The third-order valence-corrected chi connectivity index (χ3v) is 5.16. The number of alkyl halides is 1. The summed E-state index contributed by atoms with van der Waals surface area (Å²) in [6.07, 6.45) is 8.97. The highest BCUT2D eigenvalue weighted by atomic mass is 32.2. The number of nitrogens with one attached hydrogen (secondary N) is 1. The molecule has 8 heteroatoms. The molecule has 3 heterocycles. The molecule has 1 amide bonds. The van der Waals surface area contributed by atoms with Crippen molar-refractivity contribution in [2.24, 2.45) is 0 Å². The molecular weight excluding hydrogens is 403 g/mol. The van der Waals surface area contributed by atoms with E-state index < -0.39 is 12.3 Å². The van der Waals surface area contributed by atoms with E-state index in [1.165, 1.54) is 17.9 Å². The first-order chi connectivity index (χ1) is 14.3. The number of hydrogen-bond donors (Lipinski definition) is 1. The van der Waals surface area contributed by atoms with Crippen LogP contribution in [0.3, 0.4) is 0 Å². The molecule has 160 valence electrons. The molecule has 1 unspecified atom stereocenters. The molecule has 2 atom stereocenters. The van der Waals surface area contributed by atoms with Crippen molar-refractivity contribution >= 4 is 29.3 Å². The van der Waals surface area contributed by atoms with Gasteiger partial charge in [-0.2, -0.15) is 0 Å². The van der Waals surface area contributed by atoms with Gasteiger partial charge in [-0.25, -0.2) is 14.2 Å². The van der Waals surface area contributed by atoms with Gasteiger partial charge in [0.1, 0.15) is 17.9 Å². The second kappa shape index (κ2) is 9.49. The maximum Gasteiger partial charge on any atom is 0.414 e. The highest BCUT2D eigenvalue weighted by molar-refractivity contribution is 7.96. The van der Waals surface area contributed by atoms with Crippen LogP contribution >= 0.6 is 11.9 Å². The Morgan fingerprint density at radius 1 is 1.50 bits per heavy atom. The molecule has 0 aromatic carbocycles. The summed E-state index contributed by atoms with van der Waals surface area (Å²) in [5.41, 5.74) is 5.02. The summed E-state index contributed by atoms with van der Waals surface area (Å²) >= 11 is 1.55. The van der Waals surface area contributed by atoms with Crippen molar-refractivity contribution in [3.05, 3.63) is 65.8 Å². The summed E-state index contributed by atoms with van der Waals surface area (Å²) in [6, 6.07) is 2.01. The first kappa shape index (κ1) is 22.1. The van der Waals surface area contributed by atoms with Gasteiger partial charge in [0.15, 0.2) is 0 Å². The number of rotatable bonds is 8. The zero-order valence-electron chi connectivity index (χ0n) is 17.7. The van der Waals surface area contributed by atoms with Crippen molar-refractivity contribution in [1.29, 1.82) is 0 Å². The molecule has 0 radical (unpaired) electrons. The van der Waals surface area contributed by atoms with E-state index in [1.54, 1.807) is 24.1 Å². The van der Waals surface area contributed by atoms with Crippen LogP contribution in [0.2, 0.25) is 0 Å². The molecule has 0 spiro atoms. The van der Waals surface area contributed by atoms with Gasteiger partial charge in [0.05, 0.1) is 12.2 Å². The molecular formula is C22H27FN4O2S. The third-order valence-electron chi connectivity index (χ3n) is 4.72. The number of ether oxygens (including phenoxy) is 1. The summed E-state index contributed by atoms with van der Waals surface area (Å²) in [6.45, 7) is 10.5. The Morgan fingerprint density at radius 3 is 2.90 bits per heavy atom. The topological polar surface area (TPSA) is 58.9 Å². The Morgan fingerprint density at radius 2 is 2.27 bits per heavy atom. The Bertz CT molecular complexity index is 1010. The lowest BCUT2D eigenvalue weighted by Gasteiger charge is -2.15. The minimum Gasteiger partial charge on any atom is -0.444 e. The second-order valence-corrected chi connectivity index (χ2v) is 8.02. The van der Waals surface area contributed by atoms with Crippen LogP contribution in [0, 0.1) is 6.92 Å². The number of aryl methyl sites for hydroxylation is 1. The average Bonchev–Trinajstić information content (AvgIpc) is 3.23. The van der Waals surface area contributed by atoms with Crippen LogP contribution in [0.4, 0.5) is 9.18 Å².